The number of hydrogen-bond donors (Lipinski definition) is 2. The van der Waals surface area contributed by atoms with Gasteiger partial charge in [0.15, 0.2) is 0 Å². The second kappa shape index (κ2) is 11.5. The van der Waals surface area contributed by atoms with E-state index < -0.39 is 28.1 Å². The van der Waals surface area contributed by atoms with Gasteiger partial charge in [-0.05, 0) is 66.8 Å². The largest absolute Gasteiger partial charge is 0.573 e. The fourth-order valence-corrected chi connectivity index (χ4v) is 6.07. The summed E-state index contributed by atoms with van der Waals surface area (Å²) in [4.78, 5) is 2.30. The number of aliphatic hydroxyl groups is 1. The van der Waals surface area contributed by atoms with Crippen molar-refractivity contribution in [2.45, 2.75) is 43.5 Å². The normalized spacial score (nSPS) is 15.6. The summed E-state index contributed by atoms with van der Waals surface area (Å²) in [5, 5.41) is 11.0. The molecule has 37 heavy (non-hydrogen) atoms. The zero-order valence-electron chi connectivity index (χ0n) is 20.4. The molecule has 1 aliphatic heterocycles. The molecule has 0 saturated carbocycles. The number of fused-ring (bicyclic) bond motifs is 2. The number of ether oxygens (including phenoxy) is 1. The molecule has 0 aromatic heterocycles. The van der Waals surface area contributed by atoms with Crippen molar-refractivity contribution < 1.29 is 27.2 Å². The smallest absolute Gasteiger partial charge is 0.406 e. The molecule has 1 aliphatic rings. The Morgan fingerprint density at radius 3 is 2.11 bits per heavy atom. The molecule has 10 heteroatoms. The van der Waals surface area contributed by atoms with Crippen LogP contribution >= 0.6 is 0 Å². The standard InChI is InChI=1S/C27H30F3N3O3S/c1-2-17-31-37(35,24-15-13-23(14-16-24)36-27(28,29)30)32-18-22(34)19-33-25-9-5-3-7-20(25)11-12-21-8-4-6-10-26(21)33/h3-10,13-16,22,34H,2,11-12,17-19H2,1H3,(H,31,32,35)/t22-,37+/m1/s1. The Labute approximate surface area is 215 Å². The highest BCUT2D eigenvalue weighted by atomic mass is 32.2. The number of halogens is 3. The Hall–Kier alpha value is -3.08. The van der Waals surface area contributed by atoms with Crippen LogP contribution < -0.4 is 14.4 Å². The maximum Gasteiger partial charge on any atom is 0.573 e. The van der Waals surface area contributed by atoms with Crippen LogP contribution in [0.15, 0.2) is 82.1 Å². The Kier molecular flexibility index (Phi) is 8.41. The van der Waals surface area contributed by atoms with Gasteiger partial charge < -0.3 is 14.7 Å². The average Bonchev–Trinajstić information content (AvgIpc) is 3.03. The van der Waals surface area contributed by atoms with Crippen LogP contribution in [0.4, 0.5) is 24.5 Å². The van der Waals surface area contributed by atoms with Crippen molar-refractivity contribution in [2.75, 3.05) is 24.5 Å². The summed E-state index contributed by atoms with van der Waals surface area (Å²) in [6.07, 6.45) is -3.32. The molecule has 0 amide bonds. The summed E-state index contributed by atoms with van der Waals surface area (Å²) in [5.41, 5.74) is 4.40. The second-order valence-corrected chi connectivity index (χ2v) is 10.8. The zero-order valence-corrected chi connectivity index (χ0v) is 21.3. The molecule has 1 heterocycles. The summed E-state index contributed by atoms with van der Waals surface area (Å²) in [6.45, 7) is 2.39. The van der Waals surface area contributed by atoms with Gasteiger partial charge in [0.1, 0.15) is 15.7 Å². The molecule has 0 radical (unpaired) electrons. The van der Waals surface area contributed by atoms with Crippen molar-refractivity contribution in [2.24, 2.45) is 4.36 Å². The van der Waals surface area contributed by atoms with Crippen LogP contribution in [0.1, 0.15) is 24.5 Å². The van der Waals surface area contributed by atoms with Crippen molar-refractivity contribution in [3.8, 4) is 5.75 Å². The molecule has 0 bridgehead atoms. The van der Waals surface area contributed by atoms with Crippen LogP contribution in [-0.2, 0) is 22.8 Å². The summed E-state index contributed by atoms with van der Waals surface area (Å²) >= 11 is 0. The molecule has 4 rings (SSSR count). The lowest BCUT2D eigenvalue weighted by Gasteiger charge is -2.29. The first-order valence-corrected chi connectivity index (χ1v) is 13.6. The summed E-state index contributed by atoms with van der Waals surface area (Å²) in [5.74, 6) is -0.410. The van der Waals surface area contributed by atoms with E-state index in [1.807, 2.05) is 43.3 Å². The number of nitrogens with zero attached hydrogens (tertiary/aromatic N) is 2. The van der Waals surface area contributed by atoms with Crippen molar-refractivity contribution in [3.63, 3.8) is 0 Å². The number of alkyl halides is 3. The number of rotatable bonds is 9. The van der Waals surface area contributed by atoms with Gasteiger partial charge in [-0.2, -0.15) is 0 Å². The van der Waals surface area contributed by atoms with E-state index in [9.17, 15) is 22.5 Å². The van der Waals surface area contributed by atoms with E-state index in [0.29, 0.717) is 6.42 Å². The third kappa shape index (κ3) is 6.82. The zero-order chi connectivity index (χ0) is 26.5. The number of hydrogen-bond acceptors (Lipinski definition) is 5. The fraction of sp³-hybridized carbons (Fsp3) is 0.333. The van der Waals surface area contributed by atoms with E-state index >= 15 is 0 Å². The van der Waals surface area contributed by atoms with Gasteiger partial charge in [-0.3, -0.25) is 0 Å². The third-order valence-electron chi connectivity index (χ3n) is 6.01. The number of para-hydroxylation sites is 2. The number of benzene rings is 3. The van der Waals surface area contributed by atoms with Crippen molar-refractivity contribution in [3.05, 3.63) is 83.9 Å². The maximum atomic E-state index is 13.7. The van der Waals surface area contributed by atoms with Crippen LogP contribution in [0.2, 0.25) is 0 Å². The van der Waals surface area contributed by atoms with Crippen molar-refractivity contribution in [1.82, 2.24) is 4.72 Å². The third-order valence-corrected chi connectivity index (χ3v) is 8.03. The predicted octanol–water partition coefficient (Wildman–Crippen LogP) is 5.62. The Morgan fingerprint density at radius 2 is 1.57 bits per heavy atom. The molecule has 198 valence electrons. The van der Waals surface area contributed by atoms with E-state index in [4.69, 9.17) is 0 Å². The van der Waals surface area contributed by atoms with E-state index in [1.54, 1.807) is 0 Å². The summed E-state index contributed by atoms with van der Waals surface area (Å²) < 4.78 is 62.4. The minimum Gasteiger partial charge on any atom is -0.406 e. The Morgan fingerprint density at radius 1 is 1.00 bits per heavy atom. The van der Waals surface area contributed by atoms with Gasteiger partial charge in [0, 0.05) is 24.5 Å². The minimum atomic E-state index is -4.82. The van der Waals surface area contributed by atoms with Crippen molar-refractivity contribution in [1.29, 1.82) is 0 Å². The molecule has 0 fully saturated rings. The minimum absolute atomic E-state index is 0.0340. The highest BCUT2D eigenvalue weighted by Crippen LogP contribution is 2.36. The lowest BCUT2D eigenvalue weighted by atomic mass is 10.0. The van der Waals surface area contributed by atoms with E-state index in [-0.39, 0.29) is 24.5 Å². The first-order chi connectivity index (χ1) is 17.7. The van der Waals surface area contributed by atoms with Gasteiger partial charge in [0.25, 0.3) is 0 Å². The molecule has 0 aliphatic carbocycles. The summed E-state index contributed by atoms with van der Waals surface area (Å²) in [7, 11) is -3.19. The molecule has 6 nitrogen and oxygen atoms in total. The van der Waals surface area contributed by atoms with Gasteiger partial charge in [0.05, 0.1) is 17.5 Å². The highest BCUT2D eigenvalue weighted by molar-refractivity contribution is 7.91. The van der Waals surface area contributed by atoms with E-state index in [1.165, 1.54) is 23.3 Å². The van der Waals surface area contributed by atoms with E-state index in [2.05, 4.69) is 30.9 Å². The quantitative estimate of drug-likeness (QED) is 0.374. The number of aliphatic hydroxyl groups excluding tert-OH is 1. The van der Waals surface area contributed by atoms with Gasteiger partial charge >= 0.3 is 6.36 Å². The van der Waals surface area contributed by atoms with Gasteiger partial charge in [0.2, 0.25) is 0 Å². The molecule has 0 spiro atoms. The van der Waals surface area contributed by atoms with Gasteiger partial charge in [-0.25, -0.2) is 13.3 Å². The van der Waals surface area contributed by atoms with Crippen molar-refractivity contribution >= 4 is 21.3 Å². The Balaban J connectivity index is 1.53. The lowest BCUT2D eigenvalue weighted by Crippen LogP contribution is -2.39. The average molecular weight is 534 g/mol. The van der Waals surface area contributed by atoms with Crippen LogP contribution in [0, 0.1) is 0 Å². The topological polar surface area (TPSA) is 74.2 Å². The maximum absolute atomic E-state index is 13.7. The monoisotopic (exact) mass is 533 g/mol. The summed E-state index contributed by atoms with van der Waals surface area (Å²) in [6, 6.07) is 21.0. The number of aryl methyl sites for hydroxylation is 2. The molecule has 0 saturated heterocycles. The number of nitrogens with one attached hydrogen (secondary N) is 1. The van der Waals surface area contributed by atoms with Crippen LogP contribution in [0.25, 0.3) is 0 Å². The lowest BCUT2D eigenvalue weighted by molar-refractivity contribution is -0.274. The van der Waals surface area contributed by atoms with Gasteiger partial charge in [-0.1, -0.05) is 43.3 Å². The number of β-amino-alcohol motifs (C(OH)–C–C–N with tert-alkyl or cyclic N) is 1. The molecular weight excluding hydrogens is 503 g/mol. The predicted molar refractivity (Wildman–Crippen MR) is 138 cm³/mol. The molecule has 3 aromatic rings. The molecular formula is C27H30F3N3O3S. The molecule has 2 atom stereocenters. The molecule has 0 unspecified atom stereocenters. The first-order valence-electron chi connectivity index (χ1n) is 12.1. The SMILES string of the molecule is CCCN=[S@](=O)(NC[C@@H](O)CN1c2ccccc2CCc2ccccc21)c1ccc(OC(F)(F)F)cc1. The molecule has 3 aromatic carbocycles. The van der Waals surface area contributed by atoms with E-state index in [0.717, 1.165) is 36.3 Å². The number of anilines is 2. The molecule has 2 N–H and O–H groups in total. The highest BCUT2D eigenvalue weighted by Gasteiger charge is 2.31. The first kappa shape index (κ1) is 27.0. The Bertz CT molecular complexity index is 1270. The van der Waals surface area contributed by atoms with Crippen LogP contribution in [-0.4, -0.2) is 41.4 Å². The van der Waals surface area contributed by atoms with Gasteiger partial charge in [-0.15, -0.1) is 13.2 Å². The van der Waals surface area contributed by atoms with Crippen LogP contribution in [0.3, 0.4) is 0 Å². The second-order valence-electron chi connectivity index (χ2n) is 8.77. The fourth-order valence-electron chi connectivity index (χ4n) is 4.30. The van der Waals surface area contributed by atoms with Crippen LogP contribution in [0.5, 0.6) is 5.75 Å².